The van der Waals surface area contributed by atoms with Crippen molar-refractivity contribution in [1.29, 1.82) is 0 Å². The van der Waals surface area contributed by atoms with E-state index < -0.39 is 0 Å². The average Bonchev–Trinajstić information content (AvgIpc) is 0.689. The lowest BCUT2D eigenvalue weighted by molar-refractivity contribution is 0.259. The highest BCUT2D eigenvalue weighted by Gasteiger charge is 2.55. The molecule has 6 unspecified atom stereocenters. The van der Waals surface area contributed by atoms with Gasteiger partial charge in [-0.15, -0.1) is 11.8 Å². The highest BCUT2D eigenvalue weighted by Crippen LogP contribution is 2.66. The number of hydrogen-bond donors (Lipinski definition) is 0. The molecule has 0 bridgehead atoms. The van der Waals surface area contributed by atoms with Crippen molar-refractivity contribution in [2.24, 2.45) is 11.8 Å². The fourth-order valence-corrected chi connectivity index (χ4v) is 19.7. The quantitative estimate of drug-likeness (QED) is 0.107. The number of fused-ring (bicyclic) bond motifs is 8. The van der Waals surface area contributed by atoms with E-state index in [9.17, 15) is 0 Å². The molecule has 6 heteroatoms. The minimum Gasteiger partial charge on any atom is -0.461 e. The Kier molecular flexibility index (Phi) is 16.2. The molecule has 4 heterocycles. The van der Waals surface area contributed by atoms with Crippen molar-refractivity contribution >= 4 is 62.9 Å². The summed E-state index contributed by atoms with van der Waals surface area (Å²) in [6, 6.07) is 143. The third kappa shape index (κ3) is 11.3. The molecule has 6 aliphatic rings. The van der Waals surface area contributed by atoms with Gasteiger partial charge in [-0.25, -0.2) is 0 Å². The first kappa shape index (κ1) is 64.9. The van der Waals surface area contributed by atoms with Crippen LogP contribution < -0.4 is 24.3 Å². The van der Waals surface area contributed by atoms with E-state index in [2.05, 4.69) is 432 Å². The topological polar surface area (TPSA) is 22.2 Å². The third-order valence-corrected chi connectivity index (χ3v) is 24.5. The standard InChI is InChI=1S/C104H74N4OS/c1-8-27-69(28-9-1)73-47-55-80(56-48-73)105(81-57-49-74(50-58-81)70-29-10-2-11-30-70)84-63-94-102-97(65-84)109-96-46-25-23-42-89(96)101(102)90-67-91-98(68-93(90)108(94)104-86(77-35-16-5-17-36-77)43-26-44-87(104)78-37-18-6-19-38-78)110-99-66-85(64-95-103(99)100(91)88-41-22-24-45-92(88)107(95)79-39-20-7-21-40-79)106(82-59-51-75(52-60-82)71-31-12-3-13-32-71)83-61-53-76(54-62-83)72-33-14-4-15-34-72/h1-68,91,94,98,100-102H. The Labute approximate surface area is 647 Å². The van der Waals surface area contributed by atoms with Gasteiger partial charge in [-0.3, -0.25) is 0 Å². The Balaban J connectivity index is 0.803. The van der Waals surface area contributed by atoms with Crippen molar-refractivity contribution in [1.82, 2.24) is 0 Å². The first-order chi connectivity index (χ1) is 54.6. The van der Waals surface area contributed by atoms with Gasteiger partial charge in [-0.2, -0.15) is 0 Å². The van der Waals surface area contributed by atoms with E-state index in [1.54, 1.807) is 0 Å². The molecule has 0 aromatic heterocycles. The normalized spacial score (nSPS) is 18.0. The maximum Gasteiger partial charge on any atom is 0.130 e. The van der Waals surface area contributed by atoms with Gasteiger partial charge in [-0.1, -0.05) is 309 Å². The first-order valence-corrected chi connectivity index (χ1v) is 39.1. The van der Waals surface area contributed by atoms with Gasteiger partial charge < -0.3 is 24.3 Å². The van der Waals surface area contributed by atoms with Crippen LogP contribution in [0.25, 0.3) is 66.8 Å². The number of allylic oxidation sites excluding steroid dienone is 3. The van der Waals surface area contributed by atoms with Crippen molar-refractivity contribution in [3.05, 3.63) is 452 Å². The molecular weight excluding hydrogens is 1350 g/mol. The zero-order chi connectivity index (χ0) is 72.6. The van der Waals surface area contributed by atoms with Gasteiger partial charge in [0.2, 0.25) is 0 Å². The first-order valence-electron chi connectivity index (χ1n) is 38.2. The third-order valence-electron chi connectivity index (χ3n) is 23.2. The molecular formula is C104H74N4OS. The minimum absolute atomic E-state index is 0.0220. The Morgan fingerprint density at radius 1 is 0.327 bits per heavy atom. The van der Waals surface area contributed by atoms with Crippen molar-refractivity contribution in [3.63, 3.8) is 0 Å². The molecule has 5 nitrogen and oxygen atoms in total. The summed E-state index contributed by atoms with van der Waals surface area (Å²) in [5.74, 6) is 1.60. The van der Waals surface area contributed by atoms with Crippen LogP contribution in [0, 0.1) is 11.8 Å². The van der Waals surface area contributed by atoms with Crippen molar-refractivity contribution in [2.45, 2.75) is 28.0 Å². The largest absolute Gasteiger partial charge is 0.461 e. The molecule has 0 spiro atoms. The van der Waals surface area contributed by atoms with Crippen LogP contribution in [0.3, 0.4) is 0 Å². The van der Waals surface area contributed by atoms with Gasteiger partial charge in [0.1, 0.15) is 11.5 Å². The number of benzene rings is 15. The van der Waals surface area contributed by atoms with E-state index in [-0.39, 0.29) is 35.0 Å². The van der Waals surface area contributed by atoms with Crippen LogP contribution in [-0.2, 0) is 0 Å². The molecule has 15 aromatic rings. The van der Waals surface area contributed by atoms with Gasteiger partial charge in [0.05, 0.1) is 23.3 Å². The lowest BCUT2D eigenvalue weighted by atomic mass is 9.63. The van der Waals surface area contributed by atoms with Gasteiger partial charge in [0.15, 0.2) is 0 Å². The number of rotatable bonds is 14. The SMILES string of the molecule is C1=C2C(=CC3Sc4cc(N(c5ccc(-c6ccccc6)cc5)c5ccc(-c6ccccc6)cc5)cc5c4C(c4ccccc4N5c4ccccc4)C13)N(c1c(-c3ccccc3)cccc1-c1ccccc1)C1C=C(N(c3ccc(-c4ccccc4)cc3)c3ccc(-c4ccccc4)cc3)C=C3Oc4ccccc4C2C31. The number of hydrogen-bond acceptors (Lipinski definition) is 6. The second-order valence-corrected chi connectivity index (χ2v) is 30.5. The van der Waals surface area contributed by atoms with Crippen LogP contribution in [-0.4, -0.2) is 11.3 Å². The molecule has 1 saturated heterocycles. The van der Waals surface area contributed by atoms with E-state index in [0.29, 0.717) is 0 Å². The predicted octanol–water partition coefficient (Wildman–Crippen LogP) is 27.3. The molecule has 21 rings (SSSR count). The summed E-state index contributed by atoms with van der Waals surface area (Å²) in [4.78, 5) is 11.6. The zero-order valence-electron chi connectivity index (χ0n) is 60.3. The summed E-state index contributed by atoms with van der Waals surface area (Å²) >= 11 is 2.03. The van der Waals surface area contributed by atoms with Crippen LogP contribution in [0.1, 0.15) is 28.5 Å². The summed E-state index contributed by atoms with van der Waals surface area (Å²) < 4.78 is 7.65. The van der Waals surface area contributed by atoms with Crippen LogP contribution in [0.2, 0.25) is 0 Å². The van der Waals surface area contributed by atoms with E-state index in [0.717, 1.165) is 90.4 Å². The van der Waals surface area contributed by atoms with Crippen LogP contribution in [0.15, 0.2) is 440 Å². The van der Waals surface area contributed by atoms with E-state index in [1.807, 2.05) is 11.8 Å². The summed E-state index contributed by atoms with van der Waals surface area (Å²) in [7, 11) is 0. The molecule has 0 amide bonds. The maximum absolute atomic E-state index is 7.65. The summed E-state index contributed by atoms with van der Waals surface area (Å²) in [5, 5.41) is -0.0301. The maximum atomic E-state index is 7.65. The molecule has 0 saturated carbocycles. The van der Waals surface area contributed by atoms with Crippen LogP contribution in [0.4, 0.5) is 51.2 Å². The summed E-state index contributed by atoms with van der Waals surface area (Å²) in [6.45, 7) is 0. The highest BCUT2D eigenvalue weighted by atomic mass is 32.2. The van der Waals surface area contributed by atoms with Gasteiger partial charge >= 0.3 is 0 Å². The predicted molar refractivity (Wildman–Crippen MR) is 457 cm³/mol. The average molecular weight is 1430 g/mol. The van der Waals surface area contributed by atoms with E-state index in [4.69, 9.17) is 4.74 Å². The Bertz CT molecular complexity index is 5870. The Morgan fingerprint density at radius 3 is 1.25 bits per heavy atom. The number of anilines is 9. The molecule has 15 aromatic carbocycles. The second kappa shape index (κ2) is 27.4. The lowest BCUT2D eigenvalue weighted by Gasteiger charge is -2.55. The van der Waals surface area contributed by atoms with Crippen LogP contribution in [0.5, 0.6) is 5.75 Å². The Morgan fingerprint density at radius 2 is 0.755 bits per heavy atom. The number of para-hydroxylation sites is 4. The van der Waals surface area contributed by atoms with E-state index >= 15 is 0 Å². The van der Waals surface area contributed by atoms with Crippen LogP contribution >= 0.6 is 11.8 Å². The van der Waals surface area contributed by atoms with Gasteiger partial charge in [0.25, 0.3) is 0 Å². The summed E-state index contributed by atoms with van der Waals surface area (Å²) in [5.41, 5.74) is 31.5. The van der Waals surface area contributed by atoms with Crippen molar-refractivity contribution in [3.8, 4) is 72.5 Å². The number of piperidine rings is 1. The molecule has 6 atom stereocenters. The van der Waals surface area contributed by atoms with Gasteiger partial charge in [-0.05, 0) is 169 Å². The molecule has 1 fully saturated rings. The number of ether oxygens (including phenoxy) is 1. The lowest BCUT2D eigenvalue weighted by Crippen LogP contribution is -2.53. The van der Waals surface area contributed by atoms with E-state index in [1.165, 1.54) is 77.6 Å². The fraction of sp³-hybridized carbons (Fsp3) is 0.0577. The van der Waals surface area contributed by atoms with Crippen molar-refractivity contribution < 1.29 is 4.74 Å². The van der Waals surface area contributed by atoms with Crippen molar-refractivity contribution in [2.75, 3.05) is 19.6 Å². The molecule has 4 aliphatic heterocycles. The number of thioether (sulfide) groups is 1. The molecule has 522 valence electrons. The minimum atomic E-state index is -0.283. The molecule has 110 heavy (non-hydrogen) atoms. The zero-order valence-corrected chi connectivity index (χ0v) is 61.1. The Hall–Kier alpha value is -13.4. The highest BCUT2D eigenvalue weighted by molar-refractivity contribution is 8.00. The summed E-state index contributed by atoms with van der Waals surface area (Å²) in [6.07, 6.45) is 10.5. The molecule has 0 radical (unpaired) electrons. The number of nitrogens with zero attached hydrogens (tertiary/aromatic N) is 4. The second-order valence-electron chi connectivity index (χ2n) is 29.3. The van der Waals surface area contributed by atoms with Gasteiger partial charge in [0, 0.05) is 102 Å². The molecule has 2 aliphatic carbocycles. The molecule has 0 N–H and O–H groups in total. The smallest absolute Gasteiger partial charge is 0.130 e. The fourth-order valence-electron chi connectivity index (χ4n) is 18.2. The monoisotopic (exact) mass is 1430 g/mol.